The van der Waals surface area contributed by atoms with Gasteiger partial charge in [0.2, 0.25) is 5.91 Å². The predicted molar refractivity (Wildman–Crippen MR) is 131 cm³/mol. The lowest BCUT2D eigenvalue weighted by Crippen LogP contribution is -2.48. The summed E-state index contributed by atoms with van der Waals surface area (Å²) >= 11 is 1.00. The van der Waals surface area contributed by atoms with E-state index in [0.717, 1.165) is 44.1 Å². The second-order valence-corrected chi connectivity index (χ2v) is 8.80. The van der Waals surface area contributed by atoms with Gasteiger partial charge in [-0.05, 0) is 25.0 Å². The molecule has 0 unspecified atom stereocenters. The number of rotatable bonds is 9. The number of ether oxygens (including phenoxy) is 1. The predicted octanol–water partition coefficient (Wildman–Crippen LogP) is 2.60. The van der Waals surface area contributed by atoms with Gasteiger partial charge >= 0.3 is 5.97 Å². The Morgan fingerprint density at radius 3 is 2.42 bits per heavy atom. The van der Waals surface area contributed by atoms with Crippen molar-refractivity contribution < 1.29 is 19.1 Å². The Morgan fingerprint density at radius 2 is 1.79 bits per heavy atom. The molecule has 3 N–H and O–H groups in total. The first-order chi connectivity index (χ1) is 15.9. The van der Waals surface area contributed by atoms with Crippen molar-refractivity contribution in [2.75, 3.05) is 51.2 Å². The van der Waals surface area contributed by atoms with Crippen LogP contribution in [0.15, 0.2) is 36.4 Å². The molecule has 2 amide bonds. The van der Waals surface area contributed by atoms with E-state index >= 15 is 0 Å². The molecule has 0 spiro atoms. The molecule has 0 radical (unpaired) electrons. The fourth-order valence-corrected chi connectivity index (χ4v) is 4.75. The van der Waals surface area contributed by atoms with Crippen molar-refractivity contribution in [2.45, 2.75) is 13.8 Å². The maximum atomic E-state index is 12.7. The Kier molecular flexibility index (Phi) is 8.76. The van der Waals surface area contributed by atoms with Crippen LogP contribution in [0.5, 0.6) is 0 Å². The third kappa shape index (κ3) is 6.74. The quantitative estimate of drug-likeness (QED) is 0.546. The second-order valence-electron chi connectivity index (χ2n) is 7.78. The van der Waals surface area contributed by atoms with Crippen molar-refractivity contribution in [1.82, 2.24) is 9.80 Å². The van der Waals surface area contributed by atoms with Crippen LogP contribution < -0.4 is 11.1 Å². The highest BCUT2D eigenvalue weighted by Crippen LogP contribution is 2.33. The minimum atomic E-state index is -0.638. The molecule has 0 bridgehead atoms. The molecule has 9 heteroatoms. The topological polar surface area (TPSA) is 105 Å². The first-order valence-electron chi connectivity index (χ1n) is 11.0. The number of nitrogens with zero attached hydrogens (tertiary/aromatic N) is 2. The van der Waals surface area contributed by atoms with Crippen LogP contribution in [0.1, 0.15) is 38.1 Å². The molecule has 1 saturated heterocycles. The number of carbonyl (C=O) groups excluding carboxylic acids is 3. The number of amides is 2. The van der Waals surface area contributed by atoms with Gasteiger partial charge in [-0.3, -0.25) is 19.4 Å². The Hall–Kier alpha value is -3.01. The van der Waals surface area contributed by atoms with E-state index < -0.39 is 11.9 Å². The molecule has 8 nitrogen and oxygen atoms in total. The average molecular weight is 471 g/mol. The maximum Gasteiger partial charge on any atom is 0.341 e. The van der Waals surface area contributed by atoms with Crippen molar-refractivity contribution in [3.05, 3.63) is 58.0 Å². The molecule has 33 heavy (non-hydrogen) atoms. The monoisotopic (exact) mass is 470 g/mol. The molecule has 176 valence electrons. The minimum Gasteiger partial charge on any atom is -0.462 e. The largest absolute Gasteiger partial charge is 0.462 e. The molecular formula is C24H30N4O4S. The summed E-state index contributed by atoms with van der Waals surface area (Å²) in [6, 6.07) is 10.2. The van der Waals surface area contributed by atoms with Gasteiger partial charge in [0.1, 0.15) is 5.00 Å². The summed E-state index contributed by atoms with van der Waals surface area (Å²) in [5, 5.41) is 3.08. The van der Waals surface area contributed by atoms with Crippen molar-refractivity contribution in [3.63, 3.8) is 0 Å². The molecule has 0 atom stereocenters. The molecule has 1 aromatic heterocycles. The summed E-state index contributed by atoms with van der Waals surface area (Å²) in [5.74, 6) is -1.46. The van der Waals surface area contributed by atoms with E-state index in [0.29, 0.717) is 10.6 Å². The number of primary amides is 1. The number of hydrogen-bond donors (Lipinski definition) is 2. The number of benzene rings is 1. The van der Waals surface area contributed by atoms with Crippen LogP contribution in [0.4, 0.5) is 5.00 Å². The number of anilines is 1. The smallest absolute Gasteiger partial charge is 0.341 e. The lowest BCUT2D eigenvalue weighted by molar-refractivity contribution is -0.117. The number of thiophene rings is 1. The van der Waals surface area contributed by atoms with Gasteiger partial charge in [0.15, 0.2) is 0 Å². The summed E-state index contributed by atoms with van der Waals surface area (Å²) < 4.78 is 5.09. The van der Waals surface area contributed by atoms with Gasteiger partial charge in [-0.1, -0.05) is 42.5 Å². The minimum absolute atomic E-state index is 0.193. The van der Waals surface area contributed by atoms with Gasteiger partial charge in [-0.2, -0.15) is 0 Å². The Morgan fingerprint density at radius 1 is 1.12 bits per heavy atom. The first-order valence-corrected chi connectivity index (χ1v) is 11.8. The molecule has 2 heterocycles. The number of hydrogen-bond acceptors (Lipinski definition) is 7. The van der Waals surface area contributed by atoms with E-state index in [-0.39, 0.29) is 29.5 Å². The molecule has 1 aliphatic rings. The Labute approximate surface area is 198 Å². The van der Waals surface area contributed by atoms with E-state index in [1.807, 2.05) is 18.2 Å². The zero-order valence-corrected chi connectivity index (χ0v) is 19.8. The van der Waals surface area contributed by atoms with Crippen LogP contribution >= 0.6 is 11.3 Å². The van der Waals surface area contributed by atoms with Gasteiger partial charge in [-0.25, -0.2) is 4.79 Å². The number of piperazine rings is 1. The molecule has 0 aliphatic carbocycles. The van der Waals surface area contributed by atoms with Crippen LogP contribution in [0.25, 0.3) is 6.08 Å². The van der Waals surface area contributed by atoms with E-state index in [1.165, 1.54) is 5.56 Å². The van der Waals surface area contributed by atoms with E-state index in [1.54, 1.807) is 13.8 Å². The SMILES string of the molecule is CCOC(=O)c1c(NC(=O)CN2CCN(CC=Cc3ccccc3)CC2)sc(C(N)=O)c1C. The lowest BCUT2D eigenvalue weighted by atomic mass is 10.1. The zero-order chi connectivity index (χ0) is 23.8. The number of carbonyl (C=O) groups is 3. The third-order valence-electron chi connectivity index (χ3n) is 5.41. The van der Waals surface area contributed by atoms with Crippen LogP contribution in [0.2, 0.25) is 0 Å². The van der Waals surface area contributed by atoms with Gasteiger partial charge in [0, 0.05) is 32.7 Å². The maximum absolute atomic E-state index is 12.7. The average Bonchev–Trinajstić information content (AvgIpc) is 3.11. The summed E-state index contributed by atoms with van der Waals surface area (Å²) in [5.41, 5.74) is 7.22. The number of esters is 1. The van der Waals surface area contributed by atoms with E-state index in [4.69, 9.17) is 10.5 Å². The summed E-state index contributed by atoms with van der Waals surface area (Å²) in [6.07, 6.45) is 4.27. The molecule has 0 saturated carbocycles. The van der Waals surface area contributed by atoms with Crippen LogP contribution in [-0.4, -0.2) is 73.5 Å². The van der Waals surface area contributed by atoms with Crippen molar-refractivity contribution in [1.29, 1.82) is 0 Å². The summed E-state index contributed by atoms with van der Waals surface area (Å²) in [4.78, 5) is 41.4. The van der Waals surface area contributed by atoms with Crippen LogP contribution in [0, 0.1) is 6.92 Å². The summed E-state index contributed by atoms with van der Waals surface area (Å²) in [6.45, 7) is 7.86. The Bertz CT molecular complexity index is 1010. The second kappa shape index (κ2) is 11.7. The highest BCUT2D eigenvalue weighted by Gasteiger charge is 2.26. The fraction of sp³-hybridized carbons (Fsp3) is 0.375. The highest BCUT2D eigenvalue weighted by molar-refractivity contribution is 7.18. The van der Waals surface area contributed by atoms with Gasteiger partial charge < -0.3 is 15.8 Å². The first kappa shape index (κ1) is 24.6. The van der Waals surface area contributed by atoms with Gasteiger partial charge in [0.25, 0.3) is 5.91 Å². The van der Waals surface area contributed by atoms with Crippen LogP contribution in [-0.2, 0) is 9.53 Å². The molecule has 2 aromatic rings. The zero-order valence-electron chi connectivity index (χ0n) is 19.0. The normalized spacial score (nSPS) is 15.0. The van der Waals surface area contributed by atoms with Crippen molar-refractivity contribution in [2.24, 2.45) is 5.73 Å². The van der Waals surface area contributed by atoms with Gasteiger partial charge in [0.05, 0.1) is 23.6 Å². The molecule has 1 aromatic carbocycles. The van der Waals surface area contributed by atoms with Crippen LogP contribution in [0.3, 0.4) is 0 Å². The number of nitrogens with one attached hydrogen (secondary N) is 1. The standard InChI is InChI=1S/C24H30N4O4S/c1-3-32-24(31)20-17(2)21(22(25)30)33-23(20)26-19(29)16-28-14-12-27(13-15-28)11-7-10-18-8-5-4-6-9-18/h4-10H,3,11-16H2,1-2H3,(H2,25,30)(H,26,29). The number of nitrogens with two attached hydrogens (primary N) is 1. The third-order valence-corrected chi connectivity index (χ3v) is 6.63. The molecule has 1 aliphatic heterocycles. The molecule has 1 fully saturated rings. The molecular weight excluding hydrogens is 440 g/mol. The van der Waals surface area contributed by atoms with E-state index in [9.17, 15) is 14.4 Å². The summed E-state index contributed by atoms with van der Waals surface area (Å²) in [7, 11) is 0. The van der Waals surface area contributed by atoms with Crippen molar-refractivity contribution in [3.8, 4) is 0 Å². The van der Waals surface area contributed by atoms with Crippen molar-refractivity contribution >= 4 is 40.2 Å². The van der Waals surface area contributed by atoms with E-state index in [2.05, 4.69) is 39.4 Å². The Balaban J connectivity index is 1.52. The van der Waals surface area contributed by atoms with Gasteiger partial charge in [-0.15, -0.1) is 11.3 Å². The lowest BCUT2D eigenvalue weighted by Gasteiger charge is -2.33. The highest BCUT2D eigenvalue weighted by atomic mass is 32.1. The fourth-order valence-electron chi connectivity index (χ4n) is 3.69. The molecule has 3 rings (SSSR count).